The van der Waals surface area contributed by atoms with Crippen molar-refractivity contribution in [2.75, 3.05) is 40.1 Å². The van der Waals surface area contributed by atoms with E-state index in [1.54, 1.807) is 7.11 Å². The van der Waals surface area contributed by atoms with Gasteiger partial charge in [-0.15, -0.1) is 0 Å². The molecule has 11 heteroatoms. The summed E-state index contributed by atoms with van der Waals surface area (Å²) in [6, 6.07) is 0. The summed E-state index contributed by atoms with van der Waals surface area (Å²) in [6.45, 7) is 11.1. The Morgan fingerprint density at radius 2 is 1.29 bits per heavy atom. The lowest BCUT2D eigenvalue weighted by molar-refractivity contribution is -0.246. The molecular weight excluding hydrogens is 410 g/mol. The Morgan fingerprint density at radius 1 is 0.786 bits per heavy atom. The van der Waals surface area contributed by atoms with Gasteiger partial charge in [-0.2, -0.15) is 0 Å². The minimum Gasteiger partial charge on any atom is -0.370 e. The molecule has 0 N–H and O–H groups in total. The van der Waals surface area contributed by atoms with Gasteiger partial charge in [-0.3, -0.25) is 0 Å². The molecule has 4 fully saturated rings. The second kappa shape index (κ2) is 8.56. The zero-order chi connectivity index (χ0) is 19.9. The SMILES string of the molecule is CO[C@H]1O[C@@H]2CO[C@H]([C@H]1OP1OCC(C)(C)CO1)[C@@H]2OP1OCC(C)(C)CO1. The first kappa shape index (κ1) is 21.7. The molecule has 162 valence electrons. The van der Waals surface area contributed by atoms with Gasteiger partial charge in [0.1, 0.15) is 24.4 Å². The molecule has 0 amide bonds. The molecule has 9 nitrogen and oxygen atoms in total. The first-order valence-electron chi connectivity index (χ1n) is 9.52. The first-order valence-corrected chi connectivity index (χ1v) is 11.7. The Kier molecular flexibility index (Phi) is 6.64. The van der Waals surface area contributed by atoms with Crippen LogP contribution in [0.25, 0.3) is 0 Å². The molecule has 0 saturated carbocycles. The highest BCUT2D eigenvalue weighted by atomic mass is 31.2. The quantitative estimate of drug-likeness (QED) is 0.599. The summed E-state index contributed by atoms with van der Waals surface area (Å²) in [5.41, 5.74) is -0.0435. The highest BCUT2D eigenvalue weighted by molar-refractivity contribution is 7.42. The summed E-state index contributed by atoms with van der Waals surface area (Å²) in [5.74, 6) is 0. The number of rotatable bonds is 5. The molecule has 0 aromatic carbocycles. The van der Waals surface area contributed by atoms with Crippen molar-refractivity contribution in [1.29, 1.82) is 0 Å². The van der Waals surface area contributed by atoms with Crippen LogP contribution in [0, 0.1) is 10.8 Å². The zero-order valence-electron chi connectivity index (χ0n) is 17.0. The smallest absolute Gasteiger partial charge is 0.333 e. The van der Waals surface area contributed by atoms with Crippen molar-refractivity contribution in [2.24, 2.45) is 10.8 Å². The Balaban J connectivity index is 1.38. The van der Waals surface area contributed by atoms with E-state index in [0.717, 1.165) is 0 Å². The molecule has 2 bridgehead atoms. The standard InChI is InChI=1S/C17H30O9P2/c1-16(2)7-20-27(21-8-16)25-12-11-6-19-13(12)14(15(18-5)24-11)26-28-22-9-17(3,4)10-23-28/h11-15H,6-10H2,1-5H3/t11-,12-,13+,14-,15+/m1/s1. The third kappa shape index (κ3) is 4.87. The maximum absolute atomic E-state index is 6.12. The van der Waals surface area contributed by atoms with Crippen LogP contribution in [0.15, 0.2) is 0 Å². The Labute approximate surface area is 168 Å². The van der Waals surface area contributed by atoms with Gasteiger partial charge in [-0.05, 0) is 0 Å². The van der Waals surface area contributed by atoms with Gasteiger partial charge in [0.2, 0.25) is 0 Å². The number of fused-ring (bicyclic) bond motifs is 2. The maximum Gasteiger partial charge on any atom is 0.333 e. The number of hydrogen-bond donors (Lipinski definition) is 0. The minimum absolute atomic E-state index is 0.0143. The van der Waals surface area contributed by atoms with Gasteiger partial charge in [0.25, 0.3) is 0 Å². The molecule has 5 atom stereocenters. The van der Waals surface area contributed by atoms with E-state index >= 15 is 0 Å². The Bertz CT molecular complexity index is 529. The number of hydrogen-bond acceptors (Lipinski definition) is 9. The van der Waals surface area contributed by atoms with Crippen molar-refractivity contribution in [3.8, 4) is 0 Å². The van der Waals surface area contributed by atoms with Gasteiger partial charge >= 0.3 is 17.2 Å². The normalized spacial score (nSPS) is 41.2. The molecule has 4 rings (SSSR count). The zero-order valence-corrected chi connectivity index (χ0v) is 18.8. The average molecular weight is 440 g/mol. The summed E-state index contributed by atoms with van der Waals surface area (Å²) in [7, 11) is -1.37. The molecule has 4 aliphatic rings. The molecule has 0 spiro atoms. The van der Waals surface area contributed by atoms with Crippen LogP contribution in [0.5, 0.6) is 0 Å². The van der Waals surface area contributed by atoms with E-state index < -0.39 is 29.6 Å². The van der Waals surface area contributed by atoms with E-state index in [2.05, 4.69) is 27.7 Å². The molecule has 0 unspecified atom stereocenters. The second-order valence-corrected chi connectivity index (χ2v) is 11.4. The van der Waals surface area contributed by atoms with Crippen molar-refractivity contribution in [1.82, 2.24) is 0 Å². The van der Waals surface area contributed by atoms with Crippen LogP contribution in [-0.4, -0.2) is 70.9 Å². The monoisotopic (exact) mass is 440 g/mol. The molecule has 4 heterocycles. The van der Waals surface area contributed by atoms with Crippen LogP contribution in [0.4, 0.5) is 0 Å². The van der Waals surface area contributed by atoms with Gasteiger partial charge < -0.3 is 41.4 Å². The lowest BCUT2D eigenvalue weighted by Gasteiger charge is -2.42. The van der Waals surface area contributed by atoms with Crippen LogP contribution in [0.1, 0.15) is 27.7 Å². The predicted octanol–water partition coefficient (Wildman–Crippen LogP) is 3.13. The van der Waals surface area contributed by atoms with Crippen LogP contribution >= 0.6 is 17.2 Å². The minimum atomic E-state index is -1.50. The van der Waals surface area contributed by atoms with E-state index in [0.29, 0.717) is 33.0 Å². The fraction of sp³-hybridized carbons (Fsp3) is 1.00. The summed E-state index contributed by atoms with van der Waals surface area (Å²) in [6.07, 6.45) is -2.11. The lowest BCUT2D eigenvalue weighted by Crippen LogP contribution is -2.55. The van der Waals surface area contributed by atoms with Crippen LogP contribution in [0.3, 0.4) is 0 Å². The topological polar surface area (TPSA) is 83.1 Å². The van der Waals surface area contributed by atoms with E-state index in [9.17, 15) is 0 Å². The Morgan fingerprint density at radius 3 is 1.79 bits per heavy atom. The van der Waals surface area contributed by atoms with E-state index in [4.69, 9.17) is 41.4 Å². The van der Waals surface area contributed by atoms with Gasteiger partial charge in [0.05, 0.1) is 33.0 Å². The van der Waals surface area contributed by atoms with Crippen molar-refractivity contribution >= 4 is 17.2 Å². The predicted molar refractivity (Wildman–Crippen MR) is 100 cm³/mol. The molecule has 4 saturated heterocycles. The van der Waals surface area contributed by atoms with Crippen molar-refractivity contribution in [3.05, 3.63) is 0 Å². The van der Waals surface area contributed by atoms with Gasteiger partial charge in [0, 0.05) is 17.9 Å². The Hall–Kier alpha value is 0.500. The highest BCUT2D eigenvalue weighted by Crippen LogP contribution is 2.53. The third-order valence-corrected chi connectivity index (χ3v) is 7.13. The van der Waals surface area contributed by atoms with Crippen molar-refractivity contribution in [2.45, 2.75) is 58.4 Å². The van der Waals surface area contributed by atoms with E-state index in [-0.39, 0.29) is 29.1 Å². The summed E-state index contributed by atoms with van der Waals surface area (Å²) < 4.78 is 52.8. The third-order valence-electron chi connectivity index (χ3n) is 4.93. The largest absolute Gasteiger partial charge is 0.370 e. The van der Waals surface area contributed by atoms with Gasteiger partial charge in [-0.25, -0.2) is 0 Å². The molecule has 0 radical (unpaired) electrons. The molecule has 4 aliphatic heterocycles. The van der Waals surface area contributed by atoms with Crippen LogP contribution in [-0.2, 0) is 41.4 Å². The number of methoxy groups -OCH3 is 1. The fourth-order valence-corrected chi connectivity index (χ4v) is 6.31. The van der Waals surface area contributed by atoms with Crippen LogP contribution in [0.2, 0.25) is 0 Å². The summed E-state index contributed by atoms with van der Waals surface area (Å²) >= 11 is 0. The van der Waals surface area contributed by atoms with Gasteiger partial charge in [-0.1, -0.05) is 27.7 Å². The second-order valence-electron chi connectivity index (χ2n) is 9.09. The fourth-order valence-electron chi connectivity index (χ4n) is 3.23. The average Bonchev–Trinajstić information content (AvgIpc) is 2.93. The highest BCUT2D eigenvalue weighted by Gasteiger charge is 2.56. The summed E-state index contributed by atoms with van der Waals surface area (Å²) in [5, 5.41) is 0. The van der Waals surface area contributed by atoms with Crippen molar-refractivity contribution < 1.29 is 41.4 Å². The van der Waals surface area contributed by atoms with E-state index in [1.807, 2.05) is 0 Å². The number of ether oxygens (including phenoxy) is 3. The van der Waals surface area contributed by atoms with Gasteiger partial charge in [0.15, 0.2) is 6.29 Å². The van der Waals surface area contributed by atoms with E-state index in [1.165, 1.54) is 0 Å². The van der Waals surface area contributed by atoms with Crippen molar-refractivity contribution in [3.63, 3.8) is 0 Å². The maximum atomic E-state index is 6.12. The molecule has 28 heavy (non-hydrogen) atoms. The molecular formula is C17H30O9P2. The molecule has 0 aromatic rings. The molecule has 0 aromatic heterocycles. The first-order chi connectivity index (χ1) is 13.3. The van der Waals surface area contributed by atoms with Crippen LogP contribution < -0.4 is 0 Å². The summed E-state index contributed by atoms with van der Waals surface area (Å²) in [4.78, 5) is 0. The molecule has 0 aliphatic carbocycles. The lowest BCUT2D eigenvalue weighted by atomic mass is 9.97.